The van der Waals surface area contributed by atoms with Gasteiger partial charge in [0.15, 0.2) is 0 Å². The van der Waals surface area contributed by atoms with Gasteiger partial charge in [-0.15, -0.1) is 0 Å². The largest absolute Gasteiger partial charge is 0.352 e. The molecule has 0 radical (unpaired) electrons. The molecule has 3 aliphatic rings. The van der Waals surface area contributed by atoms with Crippen LogP contribution in [0.4, 0.5) is 11.4 Å². The molecular formula is C25H27ClN6O4S. The van der Waals surface area contributed by atoms with Crippen LogP contribution >= 0.6 is 11.6 Å². The lowest BCUT2D eigenvalue weighted by atomic mass is 10.0. The number of hydrogen-bond acceptors (Lipinski definition) is 7. The lowest BCUT2D eigenvalue weighted by Gasteiger charge is -2.23. The van der Waals surface area contributed by atoms with Crippen molar-refractivity contribution >= 4 is 56.5 Å². The highest BCUT2D eigenvalue weighted by atomic mass is 35.5. The fourth-order valence-electron chi connectivity index (χ4n) is 4.69. The van der Waals surface area contributed by atoms with Gasteiger partial charge in [-0.2, -0.15) is 4.31 Å². The summed E-state index contributed by atoms with van der Waals surface area (Å²) in [5.74, 6) is 0.274. The SMILES string of the molecule is CC(=O)N(C)C1CCN(S(=O)(=O)c2ccc(NC3=NC4=C(CN3)CC(=O)Nc3cc(Cl)ccc34)cc2)C1. The Balaban J connectivity index is 1.33. The van der Waals surface area contributed by atoms with Gasteiger partial charge in [0.05, 0.1) is 22.7 Å². The fraction of sp³-hybridized carbons (Fsp3) is 0.320. The number of aliphatic imine (C=N–C) groups is 1. The van der Waals surface area contributed by atoms with Gasteiger partial charge >= 0.3 is 0 Å². The molecule has 194 valence electrons. The lowest BCUT2D eigenvalue weighted by Crippen LogP contribution is -2.38. The Morgan fingerprint density at radius 1 is 1.22 bits per heavy atom. The molecule has 10 nitrogen and oxygen atoms in total. The van der Waals surface area contributed by atoms with E-state index in [2.05, 4.69) is 16.0 Å². The van der Waals surface area contributed by atoms with E-state index in [1.807, 2.05) is 6.07 Å². The van der Waals surface area contributed by atoms with E-state index in [-0.39, 0.29) is 35.7 Å². The zero-order valence-electron chi connectivity index (χ0n) is 20.4. The molecule has 0 aliphatic carbocycles. The molecule has 3 heterocycles. The molecule has 0 aromatic heterocycles. The predicted octanol–water partition coefficient (Wildman–Crippen LogP) is 2.71. The molecule has 3 N–H and O–H groups in total. The molecule has 0 spiro atoms. The van der Waals surface area contributed by atoms with E-state index >= 15 is 0 Å². The molecule has 37 heavy (non-hydrogen) atoms. The molecule has 1 fully saturated rings. The number of nitrogens with one attached hydrogen (secondary N) is 3. The van der Waals surface area contributed by atoms with Gasteiger partial charge in [-0.1, -0.05) is 11.6 Å². The molecule has 0 bridgehead atoms. The van der Waals surface area contributed by atoms with Gasteiger partial charge in [0.25, 0.3) is 0 Å². The monoisotopic (exact) mass is 542 g/mol. The highest BCUT2D eigenvalue weighted by Gasteiger charge is 2.35. The Bertz CT molecular complexity index is 1440. The summed E-state index contributed by atoms with van der Waals surface area (Å²) in [5.41, 5.74) is 3.62. The van der Waals surface area contributed by atoms with E-state index in [4.69, 9.17) is 16.6 Å². The first kappa shape index (κ1) is 25.2. The third kappa shape index (κ3) is 5.07. The van der Waals surface area contributed by atoms with Gasteiger partial charge < -0.3 is 20.9 Å². The van der Waals surface area contributed by atoms with Gasteiger partial charge in [-0.3, -0.25) is 9.59 Å². The molecule has 1 saturated heterocycles. The van der Waals surface area contributed by atoms with Crippen molar-refractivity contribution in [1.82, 2.24) is 14.5 Å². The third-order valence-corrected chi connectivity index (χ3v) is 8.95. The Hall–Kier alpha value is -3.41. The minimum absolute atomic E-state index is 0.0826. The normalized spacial score (nSPS) is 19.7. The van der Waals surface area contributed by atoms with Crippen molar-refractivity contribution in [1.29, 1.82) is 0 Å². The number of amides is 2. The van der Waals surface area contributed by atoms with Crippen LogP contribution in [0.5, 0.6) is 0 Å². The fourth-order valence-corrected chi connectivity index (χ4v) is 6.35. The molecular weight excluding hydrogens is 516 g/mol. The maximum atomic E-state index is 13.1. The van der Waals surface area contributed by atoms with E-state index in [0.717, 1.165) is 11.1 Å². The standard InChI is InChI=1S/C25H27ClN6O4S/c1-15(33)31(2)19-9-10-32(14-19)37(35,36)20-6-4-18(5-7-20)28-25-27-13-16-11-23(34)29-22-12-17(26)3-8-21(22)24(16)30-25/h3-8,12,19H,9-11,13-14H2,1-2H3,(H,29,34)(H2,27,28,30). The Morgan fingerprint density at radius 2 is 1.97 bits per heavy atom. The minimum Gasteiger partial charge on any atom is -0.352 e. The van der Waals surface area contributed by atoms with Crippen LogP contribution in [-0.4, -0.2) is 68.1 Å². The summed E-state index contributed by atoms with van der Waals surface area (Å²) in [6, 6.07) is 11.6. The van der Waals surface area contributed by atoms with Crippen LogP contribution < -0.4 is 16.0 Å². The topological polar surface area (TPSA) is 123 Å². The van der Waals surface area contributed by atoms with Crippen LogP contribution in [0.1, 0.15) is 25.3 Å². The first-order chi connectivity index (χ1) is 17.6. The highest BCUT2D eigenvalue weighted by molar-refractivity contribution is 7.89. The lowest BCUT2D eigenvalue weighted by molar-refractivity contribution is -0.129. The van der Waals surface area contributed by atoms with E-state index in [0.29, 0.717) is 47.6 Å². The van der Waals surface area contributed by atoms with Crippen LogP contribution in [0.2, 0.25) is 5.02 Å². The number of sulfonamides is 1. The number of guanidine groups is 1. The number of benzene rings is 2. The third-order valence-electron chi connectivity index (χ3n) is 6.84. The maximum absolute atomic E-state index is 13.1. The Kier molecular flexibility index (Phi) is 6.69. The number of carbonyl (C=O) groups excluding carboxylic acids is 2. The summed E-state index contributed by atoms with van der Waals surface area (Å²) < 4.78 is 27.7. The average Bonchev–Trinajstić information content (AvgIpc) is 3.31. The van der Waals surface area contributed by atoms with Crippen molar-refractivity contribution in [3.8, 4) is 0 Å². The molecule has 0 saturated carbocycles. The zero-order valence-corrected chi connectivity index (χ0v) is 22.0. The second-order valence-electron chi connectivity index (χ2n) is 9.27. The number of anilines is 2. The van der Waals surface area contributed by atoms with E-state index < -0.39 is 10.0 Å². The highest BCUT2D eigenvalue weighted by Crippen LogP contribution is 2.35. The Labute approximate surface area is 220 Å². The first-order valence-corrected chi connectivity index (χ1v) is 13.7. The summed E-state index contributed by atoms with van der Waals surface area (Å²) in [6.45, 7) is 2.56. The number of rotatable bonds is 4. The second kappa shape index (κ2) is 9.81. The number of hydrogen-bond donors (Lipinski definition) is 3. The van der Waals surface area contributed by atoms with E-state index in [9.17, 15) is 18.0 Å². The maximum Gasteiger partial charge on any atom is 0.243 e. The van der Waals surface area contributed by atoms with Crippen molar-refractivity contribution in [3.63, 3.8) is 0 Å². The molecule has 1 unspecified atom stereocenters. The van der Waals surface area contributed by atoms with Crippen molar-refractivity contribution in [2.75, 3.05) is 37.3 Å². The molecule has 2 aromatic rings. The van der Waals surface area contributed by atoms with Crippen molar-refractivity contribution in [2.45, 2.75) is 30.7 Å². The molecule has 2 amide bonds. The molecule has 12 heteroatoms. The summed E-state index contributed by atoms with van der Waals surface area (Å²) >= 11 is 6.12. The van der Waals surface area contributed by atoms with Crippen LogP contribution in [0.3, 0.4) is 0 Å². The Morgan fingerprint density at radius 3 is 2.70 bits per heavy atom. The van der Waals surface area contributed by atoms with Gasteiger partial charge in [0.2, 0.25) is 27.8 Å². The minimum atomic E-state index is -3.68. The summed E-state index contributed by atoms with van der Waals surface area (Å²) in [6.07, 6.45) is 0.826. The first-order valence-electron chi connectivity index (χ1n) is 11.9. The van der Waals surface area contributed by atoms with E-state index in [1.54, 1.807) is 48.3 Å². The quantitative estimate of drug-likeness (QED) is 0.546. The van der Waals surface area contributed by atoms with Gasteiger partial charge in [-0.25, -0.2) is 13.4 Å². The smallest absolute Gasteiger partial charge is 0.243 e. The number of fused-ring (bicyclic) bond motifs is 2. The second-order valence-corrected chi connectivity index (χ2v) is 11.6. The zero-order chi connectivity index (χ0) is 26.3. The number of halogens is 1. The van der Waals surface area contributed by atoms with Crippen molar-refractivity contribution < 1.29 is 18.0 Å². The molecule has 3 aliphatic heterocycles. The average molecular weight is 543 g/mol. The van der Waals surface area contributed by atoms with Crippen molar-refractivity contribution in [3.05, 3.63) is 58.6 Å². The number of likely N-dealkylation sites (N-methyl/N-ethyl adjacent to an activating group) is 1. The van der Waals surface area contributed by atoms with Gasteiger partial charge in [0, 0.05) is 55.9 Å². The van der Waals surface area contributed by atoms with Crippen LogP contribution in [0.15, 0.2) is 57.9 Å². The number of carbonyl (C=O) groups is 2. The van der Waals surface area contributed by atoms with Crippen LogP contribution in [-0.2, 0) is 19.6 Å². The van der Waals surface area contributed by atoms with Gasteiger partial charge in [-0.05, 0) is 54.5 Å². The van der Waals surface area contributed by atoms with Crippen LogP contribution in [0.25, 0.3) is 5.70 Å². The summed E-state index contributed by atoms with van der Waals surface area (Å²) in [4.78, 5) is 30.5. The van der Waals surface area contributed by atoms with Crippen molar-refractivity contribution in [2.24, 2.45) is 4.99 Å². The molecule has 2 aromatic carbocycles. The molecule has 5 rings (SSSR count). The predicted molar refractivity (Wildman–Crippen MR) is 143 cm³/mol. The van der Waals surface area contributed by atoms with Crippen LogP contribution in [0, 0.1) is 0 Å². The summed E-state index contributed by atoms with van der Waals surface area (Å²) in [7, 11) is -1.98. The van der Waals surface area contributed by atoms with E-state index in [1.165, 1.54) is 11.2 Å². The van der Waals surface area contributed by atoms with Gasteiger partial charge in [0.1, 0.15) is 0 Å². The molecule has 1 atom stereocenters. The number of nitrogens with zero attached hydrogens (tertiary/aromatic N) is 3. The summed E-state index contributed by atoms with van der Waals surface area (Å²) in [5, 5.41) is 9.78.